The maximum absolute atomic E-state index is 12.5. The van der Waals surface area contributed by atoms with Crippen molar-refractivity contribution in [2.45, 2.75) is 59.5 Å². The second-order valence-corrected chi connectivity index (χ2v) is 10.8. The molecular weight excluding hydrogens is 460 g/mol. The topological polar surface area (TPSA) is 93.1 Å². The van der Waals surface area contributed by atoms with E-state index in [0.29, 0.717) is 12.1 Å². The summed E-state index contributed by atoms with van der Waals surface area (Å²) in [5.74, 6) is -0.390. The molecule has 1 heterocycles. The number of carbonyl (C=O) groups is 1. The standard InChI is InChI=1S/C27H34N4O3S/c1-19(2)30-35(33,34)18-25-9-7-6-8-24(25)16-28-27(32)15-14-26-21(4)29-31(22(26)5)17-23-12-10-20(3)11-13-23/h6-15,19,30H,16-18H2,1-5H3,(H,28,32)/b15-14+. The molecule has 0 aliphatic carbocycles. The summed E-state index contributed by atoms with van der Waals surface area (Å²) in [7, 11) is -3.46. The number of hydrogen-bond donors (Lipinski definition) is 2. The van der Waals surface area contributed by atoms with Gasteiger partial charge in [0.1, 0.15) is 0 Å². The average Bonchev–Trinajstić information content (AvgIpc) is 3.04. The zero-order valence-electron chi connectivity index (χ0n) is 21.0. The van der Waals surface area contributed by atoms with Crippen molar-refractivity contribution in [2.24, 2.45) is 0 Å². The van der Waals surface area contributed by atoms with E-state index in [1.165, 1.54) is 17.2 Å². The lowest BCUT2D eigenvalue weighted by Crippen LogP contribution is -2.31. The molecule has 0 spiro atoms. The van der Waals surface area contributed by atoms with E-state index >= 15 is 0 Å². The smallest absolute Gasteiger partial charge is 0.244 e. The Morgan fingerprint density at radius 3 is 2.34 bits per heavy atom. The molecule has 0 bridgehead atoms. The molecule has 0 saturated heterocycles. The summed E-state index contributed by atoms with van der Waals surface area (Å²) in [5, 5.41) is 7.50. The minimum absolute atomic E-state index is 0.133. The molecule has 35 heavy (non-hydrogen) atoms. The van der Waals surface area contributed by atoms with Crippen LogP contribution < -0.4 is 10.0 Å². The molecule has 0 unspecified atom stereocenters. The van der Waals surface area contributed by atoms with Crippen LogP contribution >= 0.6 is 0 Å². The van der Waals surface area contributed by atoms with Crippen molar-refractivity contribution < 1.29 is 13.2 Å². The largest absolute Gasteiger partial charge is 0.348 e. The van der Waals surface area contributed by atoms with Crippen LogP contribution in [0.3, 0.4) is 0 Å². The minimum Gasteiger partial charge on any atom is -0.348 e. The first-order valence-electron chi connectivity index (χ1n) is 11.7. The van der Waals surface area contributed by atoms with Gasteiger partial charge in [0.25, 0.3) is 0 Å². The molecular formula is C27H34N4O3S. The number of nitrogens with zero attached hydrogens (tertiary/aromatic N) is 2. The number of nitrogens with one attached hydrogen (secondary N) is 2. The van der Waals surface area contributed by atoms with Crippen LogP contribution in [0.5, 0.6) is 0 Å². The van der Waals surface area contributed by atoms with Crippen molar-refractivity contribution >= 4 is 22.0 Å². The second-order valence-electron chi connectivity index (χ2n) is 9.08. The predicted molar refractivity (Wildman–Crippen MR) is 140 cm³/mol. The highest BCUT2D eigenvalue weighted by Gasteiger charge is 2.15. The Balaban J connectivity index is 1.65. The Morgan fingerprint density at radius 1 is 1.03 bits per heavy atom. The highest BCUT2D eigenvalue weighted by atomic mass is 32.2. The van der Waals surface area contributed by atoms with Gasteiger partial charge in [0, 0.05) is 29.9 Å². The lowest BCUT2D eigenvalue weighted by atomic mass is 10.1. The normalized spacial score (nSPS) is 11.9. The molecule has 0 aliphatic rings. The van der Waals surface area contributed by atoms with Gasteiger partial charge in [-0.25, -0.2) is 13.1 Å². The van der Waals surface area contributed by atoms with Gasteiger partial charge in [-0.1, -0.05) is 54.1 Å². The molecule has 1 amide bonds. The van der Waals surface area contributed by atoms with E-state index in [1.54, 1.807) is 32.1 Å². The molecule has 0 aliphatic heterocycles. The number of aromatic nitrogens is 2. The average molecular weight is 495 g/mol. The molecule has 2 N–H and O–H groups in total. The fourth-order valence-electron chi connectivity index (χ4n) is 3.85. The van der Waals surface area contributed by atoms with Gasteiger partial charge in [-0.05, 0) is 57.4 Å². The molecule has 8 heteroatoms. The summed E-state index contributed by atoms with van der Waals surface area (Å²) in [6, 6.07) is 15.4. The van der Waals surface area contributed by atoms with E-state index in [9.17, 15) is 13.2 Å². The third kappa shape index (κ3) is 7.63. The van der Waals surface area contributed by atoms with Gasteiger partial charge in [-0.2, -0.15) is 5.10 Å². The summed E-state index contributed by atoms with van der Waals surface area (Å²) in [6.45, 7) is 10.5. The van der Waals surface area contributed by atoms with Crippen molar-refractivity contribution in [1.82, 2.24) is 19.8 Å². The van der Waals surface area contributed by atoms with E-state index in [0.717, 1.165) is 22.5 Å². The van der Waals surface area contributed by atoms with Gasteiger partial charge in [0.05, 0.1) is 18.0 Å². The number of rotatable bonds is 10. The molecule has 0 radical (unpaired) electrons. The number of hydrogen-bond acceptors (Lipinski definition) is 4. The summed E-state index contributed by atoms with van der Waals surface area (Å²) < 4.78 is 29.2. The SMILES string of the molecule is Cc1ccc(Cn2nc(C)c(/C=C/C(=O)NCc3ccccc3CS(=O)(=O)NC(C)C)c2C)cc1. The van der Waals surface area contributed by atoms with Gasteiger partial charge in [-0.3, -0.25) is 9.48 Å². The lowest BCUT2D eigenvalue weighted by Gasteiger charge is -2.13. The quantitative estimate of drug-likeness (QED) is 0.417. The van der Waals surface area contributed by atoms with Crippen molar-refractivity contribution in [3.05, 3.63) is 93.8 Å². The Bertz CT molecular complexity index is 1310. The zero-order chi connectivity index (χ0) is 25.6. The molecule has 2 aromatic carbocycles. The lowest BCUT2D eigenvalue weighted by molar-refractivity contribution is -0.116. The van der Waals surface area contributed by atoms with Crippen molar-refractivity contribution in [2.75, 3.05) is 0 Å². The Labute approximate surface area is 208 Å². The first kappa shape index (κ1) is 26.4. The second kappa shape index (κ2) is 11.5. The van der Waals surface area contributed by atoms with Crippen molar-refractivity contribution in [3.63, 3.8) is 0 Å². The van der Waals surface area contributed by atoms with E-state index in [-0.39, 0.29) is 24.2 Å². The van der Waals surface area contributed by atoms with Gasteiger partial charge in [-0.15, -0.1) is 0 Å². The monoisotopic (exact) mass is 494 g/mol. The van der Waals surface area contributed by atoms with E-state index in [1.807, 2.05) is 30.7 Å². The molecule has 0 atom stereocenters. The van der Waals surface area contributed by atoms with Gasteiger partial charge >= 0.3 is 0 Å². The van der Waals surface area contributed by atoms with Crippen LogP contribution in [-0.2, 0) is 33.7 Å². The highest BCUT2D eigenvalue weighted by molar-refractivity contribution is 7.88. The molecule has 0 saturated carbocycles. The third-order valence-electron chi connectivity index (χ3n) is 5.62. The Morgan fingerprint density at radius 2 is 1.69 bits per heavy atom. The van der Waals surface area contributed by atoms with Crippen LogP contribution in [0.1, 0.15) is 53.1 Å². The molecule has 3 rings (SSSR count). The van der Waals surface area contributed by atoms with Crippen LogP contribution in [0.15, 0.2) is 54.6 Å². The molecule has 0 fully saturated rings. The Hall–Kier alpha value is -3.23. The fraction of sp³-hybridized carbons (Fsp3) is 0.333. The first-order valence-corrected chi connectivity index (χ1v) is 13.3. The number of carbonyl (C=O) groups excluding carboxylic acids is 1. The van der Waals surface area contributed by atoms with Crippen LogP contribution in [0.2, 0.25) is 0 Å². The van der Waals surface area contributed by atoms with Gasteiger partial charge in [0.2, 0.25) is 15.9 Å². The van der Waals surface area contributed by atoms with Crippen molar-refractivity contribution in [3.8, 4) is 0 Å². The van der Waals surface area contributed by atoms with E-state index in [2.05, 4.69) is 46.3 Å². The number of amides is 1. The Kier molecular flexibility index (Phi) is 8.64. The molecule has 1 aromatic heterocycles. The van der Waals surface area contributed by atoms with E-state index in [4.69, 9.17) is 0 Å². The van der Waals surface area contributed by atoms with Crippen LogP contribution in [-0.4, -0.2) is 30.1 Å². The van der Waals surface area contributed by atoms with Gasteiger partial charge in [0.15, 0.2) is 0 Å². The number of aryl methyl sites for hydroxylation is 2. The van der Waals surface area contributed by atoms with Crippen LogP contribution in [0.25, 0.3) is 6.08 Å². The van der Waals surface area contributed by atoms with E-state index < -0.39 is 10.0 Å². The molecule has 186 valence electrons. The predicted octanol–water partition coefficient (Wildman–Crippen LogP) is 4.01. The zero-order valence-corrected chi connectivity index (χ0v) is 21.8. The first-order chi connectivity index (χ1) is 16.5. The highest BCUT2D eigenvalue weighted by Crippen LogP contribution is 2.17. The summed E-state index contributed by atoms with van der Waals surface area (Å²) in [4.78, 5) is 12.5. The third-order valence-corrected chi connectivity index (χ3v) is 7.15. The maximum Gasteiger partial charge on any atom is 0.244 e. The number of benzene rings is 2. The van der Waals surface area contributed by atoms with Gasteiger partial charge < -0.3 is 5.32 Å². The maximum atomic E-state index is 12.5. The molecule has 7 nitrogen and oxygen atoms in total. The minimum atomic E-state index is -3.46. The number of sulfonamides is 1. The van der Waals surface area contributed by atoms with Crippen molar-refractivity contribution in [1.29, 1.82) is 0 Å². The summed E-state index contributed by atoms with van der Waals surface area (Å²) in [5.41, 5.74) is 6.56. The van der Waals surface area contributed by atoms with Crippen LogP contribution in [0, 0.1) is 20.8 Å². The van der Waals surface area contributed by atoms with Crippen LogP contribution in [0.4, 0.5) is 0 Å². The molecule has 3 aromatic rings. The summed E-state index contributed by atoms with van der Waals surface area (Å²) >= 11 is 0. The summed E-state index contributed by atoms with van der Waals surface area (Å²) in [6.07, 6.45) is 3.27. The fourth-order valence-corrected chi connectivity index (χ4v) is 5.34.